The molecular formula is C19H19BrN2O2. The molecule has 24 heavy (non-hydrogen) atoms. The molecule has 3 aromatic rings. The quantitative estimate of drug-likeness (QED) is 0.592. The van der Waals surface area contributed by atoms with Crippen LogP contribution < -0.4 is 10.3 Å². The zero-order valence-corrected chi connectivity index (χ0v) is 15.1. The lowest BCUT2D eigenvalue weighted by molar-refractivity contribution is 0.301. The molecule has 5 heteroatoms. The van der Waals surface area contributed by atoms with Gasteiger partial charge in [-0.1, -0.05) is 28.1 Å². The first-order chi connectivity index (χ1) is 11.6. The Labute approximate surface area is 149 Å². The van der Waals surface area contributed by atoms with Gasteiger partial charge in [0.25, 0.3) is 5.56 Å². The lowest BCUT2D eigenvalue weighted by atomic mass is 10.2. The Morgan fingerprint density at radius 1 is 1.17 bits per heavy atom. The lowest BCUT2D eigenvalue weighted by Gasteiger charge is -2.10. The molecule has 0 saturated carbocycles. The highest BCUT2D eigenvalue weighted by Crippen LogP contribution is 2.22. The van der Waals surface area contributed by atoms with Crippen molar-refractivity contribution < 1.29 is 4.74 Å². The molecule has 0 spiro atoms. The molecule has 124 valence electrons. The second-order valence-electron chi connectivity index (χ2n) is 5.73. The molecule has 0 radical (unpaired) electrons. The summed E-state index contributed by atoms with van der Waals surface area (Å²) in [6, 6.07) is 13.4. The van der Waals surface area contributed by atoms with Gasteiger partial charge in [0.05, 0.1) is 23.8 Å². The van der Waals surface area contributed by atoms with Crippen LogP contribution in [0.3, 0.4) is 0 Å². The van der Waals surface area contributed by atoms with Crippen molar-refractivity contribution in [3.05, 3.63) is 69.2 Å². The third-order valence-corrected chi connectivity index (χ3v) is 4.41. The fraction of sp³-hybridized carbons (Fsp3) is 0.263. The van der Waals surface area contributed by atoms with Crippen LogP contribution in [0.4, 0.5) is 0 Å². The van der Waals surface area contributed by atoms with E-state index in [4.69, 9.17) is 4.74 Å². The first kappa shape index (κ1) is 16.7. The van der Waals surface area contributed by atoms with Crippen molar-refractivity contribution in [3.8, 4) is 5.75 Å². The Morgan fingerprint density at radius 2 is 2.00 bits per heavy atom. The minimum Gasteiger partial charge on any atom is -0.493 e. The Hall–Kier alpha value is -2.14. The van der Waals surface area contributed by atoms with Crippen LogP contribution in [-0.4, -0.2) is 16.2 Å². The zero-order chi connectivity index (χ0) is 16.9. The topological polar surface area (TPSA) is 44.1 Å². The number of ether oxygens (including phenoxy) is 1. The summed E-state index contributed by atoms with van der Waals surface area (Å²) < 4.78 is 8.53. The first-order valence-electron chi connectivity index (χ1n) is 7.98. The van der Waals surface area contributed by atoms with Crippen LogP contribution in [0.2, 0.25) is 0 Å². The Bertz CT molecular complexity index is 905. The summed E-state index contributed by atoms with van der Waals surface area (Å²) in [5.74, 6) is 0.905. The number of benzene rings is 2. The van der Waals surface area contributed by atoms with E-state index in [1.54, 1.807) is 10.9 Å². The van der Waals surface area contributed by atoms with E-state index in [1.165, 1.54) is 0 Å². The molecule has 0 aliphatic heterocycles. The summed E-state index contributed by atoms with van der Waals surface area (Å²) in [6.07, 6.45) is 3.38. The molecule has 0 atom stereocenters. The van der Waals surface area contributed by atoms with Gasteiger partial charge in [0, 0.05) is 11.0 Å². The lowest BCUT2D eigenvalue weighted by Crippen LogP contribution is -2.20. The largest absolute Gasteiger partial charge is 0.493 e. The average Bonchev–Trinajstić information content (AvgIpc) is 2.58. The van der Waals surface area contributed by atoms with Crippen molar-refractivity contribution in [1.29, 1.82) is 0 Å². The number of halogens is 1. The monoisotopic (exact) mass is 386 g/mol. The van der Waals surface area contributed by atoms with E-state index in [9.17, 15) is 4.79 Å². The number of unbranched alkanes of at least 4 members (excludes halogenated alkanes) is 1. The van der Waals surface area contributed by atoms with Gasteiger partial charge in [0.2, 0.25) is 0 Å². The van der Waals surface area contributed by atoms with Crippen LogP contribution in [-0.2, 0) is 6.54 Å². The second kappa shape index (κ2) is 7.62. The number of hydrogen-bond donors (Lipinski definition) is 0. The molecule has 2 aromatic carbocycles. The van der Waals surface area contributed by atoms with Crippen molar-refractivity contribution >= 4 is 26.8 Å². The minimum absolute atomic E-state index is 0.0188. The highest BCUT2D eigenvalue weighted by Gasteiger charge is 2.03. The summed E-state index contributed by atoms with van der Waals surface area (Å²) in [4.78, 5) is 16.7. The van der Waals surface area contributed by atoms with E-state index in [-0.39, 0.29) is 5.56 Å². The third kappa shape index (κ3) is 3.85. The normalized spacial score (nSPS) is 10.9. The Morgan fingerprint density at radius 3 is 2.83 bits per heavy atom. The number of nitrogens with zero attached hydrogens (tertiary/aromatic N) is 2. The summed E-state index contributed by atoms with van der Waals surface area (Å²) >= 11 is 3.45. The van der Waals surface area contributed by atoms with Gasteiger partial charge in [-0.2, -0.15) is 0 Å². The van der Waals surface area contributed by atoms with E-state index in [1.807, 2.05) is 49.4 Å². The van der Waals surface area contributed by atoms with Gasteiger partial charge in [-0.3, -0.25) is 9.36 Å². The van der Waals surface area contributed by atoms with E-state index < -0.39 is 0 Å². The van der Waals surface area contributed by atoms with Gasteiger partial charge < -0.3 is 4.74 Å². The fourth-order valence-corrected chi connectivity index (χ4v) is 3.08. The molecule has 0 aliphatic carbocycles. The van der Waals surface area contributed by atoms with Crippen molar-refractivity contribution in [1.82, 2.24) is 9.55 Å². The summed E-state index contributed by atoms with van der Waals surface area (Å²) in [7, 11) is 0. The summed E-state index contributed by atoms with van der Waals surface area (Å²) in [6.45, 7) is 3.32. The summed E-state index contributed by atoms with van der Waals surface area (Å²) in [5, 5.41) is 0.668. The molecule has 0 bridgehead atoms. The molecule has 0 amide bonds. The number of fused-ring (bicyclic) bond motifs is 1. The fourth-order valence-electron chi connectivity index (χ4n) is 2.61. The third-order valence-electron chi connectivity index (χ3n) is 3.92. The predicted octanol–water partition coefficient (Wildman–Crippen LogP) is 4.33. The molecule has 4 nitrogen and oxygen atoms in total. The number of rotatable bonds is 6. The number of aryl methyl sites for hydroxylation is 2. The van der Waals surface area contributed by atoms with E-state index in [2.05, 4.69) is 20.9 Å². The highest BCUT2D eigenvalue weighted by molar-refractivity contribution is 9.10. The number of hydrogen-bond acceptors (Lipinski definition) is 3. The molecule has 0 N–H and O–H groups in total. The van der Waals surface area contributed by atoms with E-state index >= 15 is 0 Å². The second-order valence-corrected chi connectivity index (χ2v) is 6.64. The molecule has 0 saturated heterocycles. The van der Waals surface area contributed by atoms with E-state index in [0.717, 1.165) is 34.1 Å². The van der Waals surface area contributed by atoms with Crippen LogP contribution in [0.5, 0.6) is 5.75 Å². The zero-order valence-electron chi connectivity index (χ0n) is 13.5. The van der Waals surface area contributed by atoms with Crippen LogP contribution in [0.15, 0.2) is 58.1 Å². The first-order valence-corrected chi connectivity index (χ1v) is 8.77. The molecule has 1 aromatic heterocycles. The maximum atomic E-state index is 12.4. The van der Waals surface area contributed by atoms with Crippen LogP contribution in [0.1, 0.15) is 18.4 Å². The van der Waals surface area contributed by atoms with Crippen molar-refractivity contribution in [2.45, 2.75) is 26.3 Å². The van der Waals surface area contributed by atoms with E-state index in [0.29, 0.717) is 18.5 Å². The van der Waals surface area contributed by atoms with Gasteiger partial charge in [-0.15, -0.1) is 0 Å². The van der Waals surface area contributed by atoms with Gasteiger partial charge in [0.15, 0.2) is 0 Å². The van der Waals surface area contributed by atoms with Gasteiger partial charge in [-0.25, -0.2) is 4.98 Å². The van der Waals surface area contributed by atoms with Gasteiger partial charge in [-0.05, 0) is 55.7 Å². The minimum atomic E-state index is 0.0188. The number of aromatic nitrogens is 2. The molecular weight excluding hydrogens is 368 g/mol. The van der Waals surface area contributed by atoms with Crippen LogP contribution in [0, 0.1) is 6.92 Å². The van der Waals surface area contributed by atoms with Crippen molar-refractivity contribution in [2.75, 3.05) is 6.61 Å². The maximum Gasteiger partial charge on any atom is 0.261 e. The molecule has 0 fully saturated rings. The highest BCUT2D eigenvalue weighted by atomic mass is 79.9. The van der Waals surface area contributed by atoms with Gasteiger partial charge in [0.1, 0.15) is 5.75 Å². The van der Waals surface area contributed by atoms with Crippen molar-refractivity contribution in [3.63, 3.8) is 0 Å². The Balaban J connectivity index is 1.53. The summed E-state index contributed by atoms with van der Waals surface area (Å²) in [5.41, 5.74) is 1.87. The molecule has 1 heterocycles. The SMILES string of the molecule is Cc1cc(Br)ccc1OCCCCn1cnc2ccccc2c1=O. The average molecular weight is 387 g/mol. The smallest absolute Gasteiger partial charge is 0.261 e. The predicted molar refractivity (Wildman–Crippen MR) is 99.6 cm³/mol. The van der Waals surface area contributed by atoms with Crippen molar-refractivity contribution in [2.24, 2.45) is 0 Å². The maximum absolute atomic E-state index is 12.4. The standard InChI is InChI=1S/C19H19BrN2O2/c1-14-12-15(20)8-9-18(14)24-11-5-4-10-22-13-21-17-7-3-2-6-16(17)19(22)23/h2-3,6-9,12-13H,4-5,10-11H2,1H3. The Kier molecular flexibility index (Phi) is 5.30. The van der Waals surface area contributed by atoms with Gasteiger partial charge >= 0.3 is 0 Å². The van der Waals surface area contributed by atoms with Crippen LogP contribution in [0.25, 0.3) is 10.9 Å². The van der Waals surface area contributed by atoms with Crippen LogP contribution >= 0.6 is 15.9 Å². The number of para-hydroxylation sites is 1. The molecule has 0 aliphatic rings. The molecule has 0 unspecified atom stereocenters. The molecule has 3 rings (SSSR count).